The number of rotatable bonds is 3. The molecule has 2 aromatic carbocycles. The average molecular weight is 372 g/mol. The number of benzene rings is 2. The summed E-state index contributed by atoms with van der Waals surface area (Å²) in [7, 11) is 0. The van der Waals surface area contributed by atoms with Crippen LogP contribution in [0.5, 0.6) is 0 Å². The molecule has 0 atom stereocenters. The number of halogens is 1. The van der Waals surface area contributed by atoms with Crippen molar-refractivity contribution in [3.8, 4) is 0 Å². The molecular weight excluding hydrogens is 358 g/mol. The Labute approximate surface area is 140 Å². The summed E-state index contributed by atoms with van der Waals surface area (Å²) in [5.74, 6) is 0.220. The van der Waals surface area contributed by atoms with Crippen LogP contribution in [0.25, 0.3) is 11.0 Å². The standard InChI is InChI=1S/C16H14BrN5O/c1-8-6-10(17)7-12-13(8)22-15(16(23)21-12)20-11-4-2-9(3-5-11)14(18)19/h2-7H,1H3,(H3,18,19)(H,20,22)(H,21,23). The third-order valence-electron chi connectivity index (χ3n) is 3.41. The first kappa shape index (κ1) is 15.2. The van der Waals surface area contributed by atoms with Gasteiger partial charge in [0.05, 0.1) is 11.0 Å². The summed E-state index contributed by atoms with van der Waals surface area (Å²) in [5.41, 5.74) is 8.81. The van der Waals surface area contributed by atoms with Crippen molar-refractivity contribution in [1.82, 2.24) is 9.97 Å². The number of nitrogens with two attached hydrogens (primary N) is 1. The van der Waals surface area contributed by atoms with E-state index >= 15 is 0 Å². The Kier molecular flexibility index (Phi) is 3.87. The first-order chi connectivity index (χ1) is 10.9. The van der Waals surface area contributed by atoms with Crippen molar-refractivity contribution in [2.75, 3.05) is 5.32 Å². The number of hydrogen-bond donors (Lipinski definition) is 4. The minimum absolute atomic E-state index is 0.000529. The number of aromatic nitrogens is 2. The maximum Gasteiger partial charge on any atom is 0.291 e. The van der Waals surface area contributed by atoms with Crippen LogP contribution in [0, 0.1) is 12.3 Å². The molecule has 5 N–H and O–H groups in total. The largest absolute Gasteiger partial charge is 0.384 e. The van der Waals surface area contributed by atoms with Crippen molar-refractivity contribution in [1.29, 1.82) is 5.41 Å². The van der Waals surface area contributed by atoms with Crippen LogP contribution in [0.1, 0.15) is 11.1 Å². The number of amidine groups is 1. The molecule has 0 aliphatic rings. The molecular formula is C16H14BrN5O. The number of fused-ring (bicyclic) bond motifs is 1. The highest BCUT2D eigenvalue weighted by atomic mass is 79.9. The van der Waals surface area contributed by atoms with Gasteiger partial charge in [0.15, 0.2) is 5.82 Å². The number of aryl methyl sites for hydroxylation is 1. The maximum atomic E-state index is 12.2. The van der Waals surface area contributed by atoms with Gasteiger partial charge >= 0.3 is 0 Å². The lowest BCUT2D eigenvalue weighted by Crippen LogP contribution is -2.14. The van der Waals surface area contributed by atoms with Gasteiger partial charge < -0.3 is 16.0 Å². The Morgan fingerprint density at radius 1 is 1.30 bits per heavy atom. The summed E-state index contributed by atoms with van der Waals surface area (Å²) >= 11 is 3.41. The number of nitrogens with one attached hydrogen (secondary N) is 3. The Morgan fingerprint density at radius 2 is 2.00 bits per heavy atom. The van der Waals surface area contributed by atoms with Crippen LogP contribution >= 0.6 is 15.9 Å². The smallest absolute Gasteiger partial charge is 0.291 e. The van der Waals surface area contributed by atoms with Crippen LogP contribution < -0.4 is 16.6 Å². The van der Waals surface area contributed by atoms with Gasteiger partial charge in [-0.2, -0.15) is 0 Å². The molecule has 23 heavy (non-hydrogen) atoms. The van der Waals surface area contributed by atoms with E-state index in [0.29, 0.717) is 16.8 Å². The fraction of sp³-hybridized carbons (Fsp3) is 0.0625. The van der Waals surface area contributed by atoms with Gasteiger partial charge in [-0.15, -0.1) is 0 Å². The van der Waals surface area contributed by atoms with E-state index in [4.69, 9.17) is 11.1 Å². The molecule has 3 rings (SSSR count). The summed E-state index contributed by atoms with van der Waals surface area (Å²) in [6.45, 7) is 1.93. The van der Waals surface area contributed by atoms with E-state index in [2.05, 4.69) is 31.2 Å². The molecule has 0 amide bonds. The van der Waals surface area contributed by atoms with Gasteiger partial charge in [0.2, 0.25) is 0 Å². The monoisotopic (exact) mass is 371 g/mol. The molecule has 116 valence electrons. The van der Waals surface area contributed by atoms with Gasteiger partial charge in [0.1, 0.15) is 5.84 Å². The van der Waals surface area contributed by atoms with Crippen molar-refractivity contribution in [2.24, 2.45) is 5.73 Å². The number of nitrogen functional groups attached to an aromatic ring is 1. The third kappa shape index (κ3) is 3.09. The minimum atomic E-state index is -0.300. The van der Waals surface area contributed by atoms with Crippen LogP contribution in [0.3, 0.4) is 0 Å². The van der Waals surface area contributed by atoms with Crippen molar-refractivity contribution in [3.05, 3.63) is 62.4 Å². The van der Waals surface area contributed by atoms with E-state index in [-0.39, 0.29) is 17.2 Å². The van der Waals surface area contributed by atoms with Gasteiger partial charge in [-0.25, -0.2) is 4.98 Å². The number of H-pyrrole nitrogens is 1. The van der Waals surface area contributed by atoms with Crippen LogP contribution in [0.4, 0.5) is 11.5 Å². The fourth-order valence-corrected chi connectivity index (χ4v) is 2.85. The van der Waals surface area contributed by atoms with Crippen LogP contribution in [-0.2, 0) is 0 Å². The highest BCUT2D eigenvalue weighted by Gasteiger charge is 2.08. The quantitative estimate of drug-likeness (QED) is 0.419. The lowest BCUT2D eigenvalue weighted by atomic mass is 10.2. The summed E-state index contributed by atoms with van der Waals surface area (Å²) in [6.07, 6.45) is 0. The number of aromatic amines is 1. The Bertz CT molecular complexity index is 963. The lowest BCUT2D eigenvalue weighted by Gasteiger charge is -2.08. The van der Waals surface area contributed by atoms with E-state index in [1.807, 2.05) is 19.1 Å². The maximum absolute atomic E-state index is 12.2. The topological polar surface area (TPSA) is 108 Å². The van der Waals surface area contributed by atoms with Gasteiger partial charge in [-0.1, -0.05) is 15.9 Å². The van der Waals surface area contributed by atoms with Crippen molar-refractivity contribution in [2.45, 2.75) is 6.92 Å². The first-order valence-electron chi connectivity index (χ1n) is 6.86. The molecule has 1 heterocycles. The number of anilines is 2. The van der Waals surface area contributed by atoms with Crippen molar-refractivity contribution < 1.29 is 0 Å². The molecule has 7 heteroatoms. The predicted molar refractivity (Wildman–Crippen MR) is 95.5 cm³/mol. The first-order valence-corrected chi connectivity index (χ1v) is 7.65. The molecule has 0 saturated carbocycles. The predicted octanol–water partition coefficient (Wildman–Crippen LogP) is 3.02. The SMILES string of the molecule is Cc1cc(Br)cc2[nH]c(=O)c(Nc3ccc(C(=N)N)cc3)nc12. The number of hydrogen-bond acceptors (Lipinski definition) is 4. The summed E-state index contributed by atoms with van der Waals surface area (Å²) < 4.78 is 0.889. The Hall–Kier alpha value is -2.67. The molecule has 0 bridgehead atoms. The molecule has 0 aliphatic carbocycles. The van der Waals surface area contributed by atoms with Gasteiger partial charge in [0.25, 0.3) is 5.56 Å². The summed E-state index contributed by atoms with van der Waals surface area (Å²) in [4.78, 5) is 19.4. The molecule has 0 fully saturated rings. The third-order valence-corrected chi connectivity index (χ3v) is 3.87. The molecule has 0 saturated heterocycles. The molecule has 0 spiro atoms. The van der Waals surface area contributed by atoms with E-state index in [1.54, 1.807) is 24.3 Å². The normalized spacial score (nSPS) is 10.7. The lowest BCUT2D eigenvalue weighted by molar-refractivity contribution is 1.20. The highest BCUT2D eigenvalue weighted by molar-refractivity contribution is 9.10. The molecule has 6 nitrogen and oxygen atoms in total. The van der Waals surface area contributed by atoms with Crippen LogP contribution in [-0.4, -0.2) is 15.8 Å². The minimum Gasteiger partial charge on any atom is -0.384 e. The van der Waals surface area contributed by atoms with Crippen molar-refractivity contribution in [3.63, 3.8) is 0 Å². The number of nitrogens with zero attached hydrogens (tertiary/aromatic N) is 1. The van der Waals surface area contributed by atoms with Gasteiger partial charge in [-0.05, 0) is 48.9 Å². The summed E-state index contributed by atoms with van der Waals surface area (Å²) in [5, 5.41) is 10.4. The van der Waals surface area contributed by atoms with E-state index in [1.165, 1.54) is 0 Å². The van der Waals surface area contributed by atoms with Gasteiger partial charge in [-0.3, -0.25) is 10.2 Å². The second-order valence-electron chi connectivity index (χ2n) is 5.15. The zero-order chi connectivity index (χ0) is 16.6. The summed E-state index contributed by atoms with van der Waals surface area (Å²) in [6, 6.07) is 10.7. The molecule has 0 aliphatic heterocycles. The van der Waals surface area contributed by atoms with Gasteiger partial charge in [0, 0.05) is 15.7 Å². The van der Waals surface area contributed by atoms with E-state index < -0.39 is 0 Å². The van der Waals surface area contributed by atoms with Crippen LogP contribution in [0.15, 0.2) is 45.7 Å². The van der Waals surface area contributed by atoms with Crippen LogP contribution in [0.2, 0.25) is 0 Å². The average Bonchev–Trinajstić information content (AvgIpc) is 2.49. The second kappa shape index (κ2) is 5.85. The second-order valence-corrected chi connectivity index (χ2v) is 6.07. The van der Waals surface area contributed by atoms with Crippen molar-refractivity contribution >= 4 is 44.3 Å². The highest BCUT2D eigenvalue weighted by Crippen LogP contribution is 2.21. The molecule has 1 aromatic heterocycles. The molecule has 0 unspecified atom stereocenters. The fourth-order valence-electron chi connectivity index (χ4n) is 2.28. The molecule has 3 aromatic rings. The van der Waals surface area contributed by atoms with E-state index in [0.717, 1.165) is 15.6 Å². The Balaban J connectivity index is 2.01. The zero-order valence-electron chi connectivity index (χ0n) is 12.3. The molecule has 0 radical (unpaired) electrons. The van der Waals surface area contributed by atoms with E-state index in [9.17, 15) is 4.79 Å². The zero-order valence-corrected chi connectivity index (χ0v) is 13.9. The Morgan fingerprint density at radius 3 is 2.65 bits per heavy atom.